The molecule has 0 radical (unpaired) electrons. The lowest BCUT2D eigenvalue weighted by Crippen LogP contribution is -2.26. The van der Waals surface area contributed by atoms with E-state index in [0.29, 0.717) is 35.5 Å². The predicted octanol–water partition coefficient (Wildman–Crippen LogP) is 5.71. The lowest BCUT2D eigenvalue weighted by atomic mass is 10.1. The Morgan fingerprint density at radius 1 is 0.939 bits per heavy atom. The molecule has 0 spiro atoms. The van der Waals surface area contributed by atoms with Crippen LogP contribution in [0.25, 0.3) is 11.0 Å². The average Bonchev–Trinajstić information content (AvgIpc) is 3.17. The highest BCUT2D eigenvalue weighted by Crippen LogP contribution is 2.23. The maximum absolute atomic E-state index is 12.3. The largest absolute Gasteiger partial charge is 0.490 e. The van der Waals surface area contributed by atoms with E-state index in [9.17, 15) is 4.79 Å². The zero-order chi connectivity index (χ0) is 23.0. The standard InChI is InChI=1S/C26H25Cl2N3O2/c27-20-9-2-1-8-19(20)18-26(32)29-15-7-14-25-30-22-11-4-5-12-23(22)31(25)16-17-33-24-13-6-3-10-21(24)28/h1-6,8-13H,7,14-18H2,(H,29,32). The molecular formula is C26H25Cl2N3O2. The molecule has 0 unspecified atom stereocenters. The van der Waals surface area contributed by atoms with E-state index in [-0.39, 0.29) is 12.3 Å². The number of benzene rings is 3. The molecule has 33 heavy (non-hydrogen) atoms. The highest BCUT2D eigenvalue weighted by Gasteiger charge is 2.12. The van der Waals surface area contributed by atoms with E-state index in [1.165, 1.54) is 0 Å². The van der Waals surface area contributed by atoms with E-state index in [2.05, 4.69) is 16.0 Å². The summed E-state index contributed by atoms with van der Waals surface area (Å²) in [4.78, 5) is 17.1. The molecule has 0 fully saturated rings. The third-order valence-corrected chi connectivity index (χ3v) is 6.03. The molecule has 0 saturated carbocycles. The summed E-state index contributed by atoms with van der Waals surface area (Å²) < 4.78 is 8.07. The molecule has 0 aliphatic carbocycles. The molecule has 1 heterocycles. The molecule has 4 rings (SSSR count). The van der Waals surface area contributed by atoms with Crippen molar-refractivity contribution in [3.05, 3.63) is 94.2 Å². The van der Waals surface area contributed by atoms with Gasteiger partial charge in [0.05, 0.1) is 29.0 Å². The minimum absolute atomic E-state index is 0.0373. The van der Waals surface area contributed by atoms with E-state index in [1.807, 2.05) is 60.7 Å². The molecule has 0 aliphatic heterocycles. The maximum atomic E-state index is 12.3. The molecule has 0 bridgehead atoms. The Hall–Kier alpha value is -3.02. The second kappa shape index (κ2) is 11.2. The number of carbonyl (C=O) groups excluding carboxylic acids is 1. The zero-order valence-electron chi connectivity index (χ0n) is 18.1. The number of hydrogen-bond donors (Lipinski definition) is 1. The Morgan fingerprint density at radius 2 is 1.67 bits per heavy atom. The van der Waals surface area contributed by atoms with Crippen LogP contribution in [-0.4, -0.2) is 28.6 Å². The highest BCUT2D eigenvalue weighted by atomic mass is 35.5. The summed E-state index contributed by atoms with van der Waals surface area (Å²) in [7, 11) is 0. The van der Waals surface area contributed by atoms with Crippen molar-refractivity contribution in [3.63, 3.8) is 0 Å². The van der Waals surface area contributed by atoms with Gasteiger partial charge in [0.2, 0.25) is 5.91 Å². The van der Waals surface area contributed by atoms with Crippen LogP contribution in [0.2, 0.25) is 10.0 Å². The normalized spacial score (nSPS) is 11.0. The van der Waals surface area contributed by atoms with Crippen molar-refractivity contribution in [2.24, 2.45) is 0 Å². The number of hydrogen-bond acceptors (Lipinski definition) is 3. The Balaban J connectivity index is 1.34. The number of fused-ring (bicyclic) bond motifs is 1. The van der Waals surface area contributed by atoms with Crippen LogP contribution in [0.5, 0.6) is 5.75 Å². The number of imidazole rings is 1. The van der Waals surface area contributed by atoms with Gasteiger partial charge in [-0.25, -0.2) is 4.98 Å². The second-order valence-electron chi connectivity index (χ2n) is 7.67. The van der Waals surface area contributed by atoms with Gasteiger partial charge in [-0.15, -0.1) is 0 Å². The predicted molar refractivity (Wildman–Crippen MR) is 133 cm³/mol. The number of para-hydroxylation sites is 3. The van der Waals surface area contributed by atoms with Crippen molar-refractivity contribution in [2.75, 3.05) is 13.2 Å². The van der Waals surface area contributed by atoms with Crippen molar-refractivity contribution in [1.29, 1.82) is 0 Å². The number of rotatable bonds is 10. The Labute approximate surface area is 203 Å². The number of nitrogens with zero attached hydrogens (tertiary/aromatic N) is 2. The summed E-state index contributed by atoms with van der Waals surface area (Å²) >= 11 is 12.3. The summed E-state index contributed by atoms with van der Waals surface area (Å²) in [6.07, 6.45) is 1.80. The van der Waals surface area contributed by atoms with Gasteiger partial charge in [-0.3, -0.25) is 4.79 Å². The summed E-state index contributed by atoms with van der Waals surface area (Å²) in [5, 5.41) is 4.19. The number of aryl methyl sites for hydroxylation is 1. The van der Waals surface area contributed by atoms with Crippen LogP contribution in [0.1, 0.15) is 17.8 Å². The average molecular weight is 482 g/mol. The van der Waals surface area contributed by atoms with Gasteiger partial charge in [-0.05, 0) is 42.3 Å². The first-order valence-electron chi connectivity index (χ1n) is 10.9. The van der Waals surface area contributed by atoms with Crippen molar-refractivity contribution in [1.82, 2.24) is 14.9 Å². The lowest BCUT2D eigenvalue weighted by Gasteiger charge is -2.12. The van der Waals surface area contributed by atoms with Crippen LogP contribution in [0.15, 0.2) is 72.8 Å². The van der Waals surface area contributed by atoms with E-state index < -0.39 is 0 Å². The number of nitrogens with one attached hydrogen (secondary N) is 1. The topological polar surface area (TPSA) is 56.2 Å². The maximum Gasteiger partial charge on any atom is 0.224 e. The molecule has 1 N–H and O–H groups in total. The number of ether oxygens (including phenoxy) is 1. The Morgan fingerprint density at radius 3 is 2.48 bits per heavy atom. The first kappa shape index (κ1) is 23.1. The van der Waals surface area contributed by atoms with Crippen LogP contribution in [-0.2, 0) is 24.2 Å². The zero-order valence-corrected chi connectivity index (χ0v) is 19.6. The van der Waals surface area contributed by atoms with E-state index in [4.69, 9.17) is 32.9 Å². The van der Waals surface area contributed by atoms with Crippen molar-refractivity contribution in [3.8, 4) is 5.75 Å². The molecule has 170 valence electrons. The highest BCUT2D eigenvalue weighted by molar-refractivity contribution is 6.32. The fourth-order valence-corrected chi connectivity index (χ4v) is 4.12. The molecule has 3 aromatic carbocycles. The van der Waals surface area contributed by atoms with Crippen LogP contribution < -0.4 is 10.1 Å². The van der Waals surface area contributed by atoms with Gasteiger partial charge < -0.3 is 14.6 Å². The lowest BCUT2D eigenvalue weighted by molar-refractivity contribution is -0.120. The van der Waals surface area contributed by atoms with Crippen LogP contribution >= 0.6 is 23.2 Å². The van der Waals surface area contributed by atoms with Crippen molar-refractivity contribution < 1.29 is 9.53 Å². The van der Waals surface area contributed by atoms with Gasteiger partial charge in [0.1, 0.15) is 18.2 Å². The fraction of sp³-hybridized carbons (Fsp3) is 0.231. The Kier molecular flexibility index (Phi) is 7.87. The SMILES string of the molecule is O=C(Cc1ccccc1Cl)NCCCc1nc2ccccc2n1CCOc1ccccc1Cl. The van der Waals surface area contributed by atoms with Crippen molar-refractivity contribution in [2.45, 2.75) is 25.8 Å². The second-order valence-corrected chi connectivity index (χ2v) is 8.48. The molecule has 0 aliphatic rings. The molecule has 1 aromatic heterocycles. The number of halogens is 2. The molecule has 0 saturated heterocycles. The molecule has 7 heteroatoms. The van der Waals surface area contributed by atoms with E-state index in [0.717, 1.165) is 35.3 Å². The Bertz CT molecular complexity index is 1240. The third kappa shape index (κ3) is 6.06. The number of carbonyl (C=O) groups is 1. The monoisotopic (exact) mass is 481 g/mol. The summed E-state index contributed by atoms with van der Waals surface area (Å²) in [5.74, 6) is 1.61. The molecule has 0 atom stereocenters. The first-order chi connectivity index (χ1) is 16.1. The molecular weight excluding hydrogens is 457 g/mol. The van der Waals surface area contributed by atoms with E-state index >= 15 is 0 Å². The van der Waals surface area contributed by atoms with E-state index in [1.54, 1.807) is 6.07 Å². The van der Waals surface area contributed by atoms with Crippen LogP contribution in [0.3, 0.4) is 0 Å². The summed E-state index contributed by atoms with van der Waals surface area (Å²) in [6, 6.07) is 22.9. The summed E-state index contributed by atoms with van der Waals surface area (Å²) in [6.45, 7) is 1.70. The molecule has 1 amide bonds. The number of aromatic nitrogens is 2. The third-order valence-electron chi connectivity index (χ3n) is 5.35. The van der Waals surface area contributed by atoms with Gasteiger partial charge in [-0.2, -0.15) is 0 Å². The molecule has 5 nitrogen and oxygen atoms in total. The van der Waals surface area contributed by atoms with Crippen LogP contribution in [0, 0.1) is 0 Å². The smallest absolute Gasteiger partial charge is 0.224 e. The van der Waals surface area contributed by atoms with Gasteiger partial charge in [0, 0.05) is 18.0 Å². The quantitative estimate of drug-likeness (QED) is 0.295. The van der Waals surface area contributed by atoms with Gasteiger partial charge in [-0.1, -0.05) is 65.7 Å². The number of amides is 1. The van der Waals surface area contributed by atoms with Gasteiger partial charge in [0.25, 0.3) is 0 Å². The van der Waals surface area contributed by atoms with Gasteiger partial charge >= 0.3 is 0 Å². The fourth-order valence-electron chi connectivity index (χ4n) is 3.73. The van der Waals surface area contributed by atoms with Crippen LogP contribution in [0.4, 0.5) is 0 Å². The molecule has 4 aromatic rings. The minimum Gasteiger partial charge on any atom is -0.490 e. The minimum atomic E-state index is -0.0373. The first-order valence-corrected chi connectivity index (χ1v) is 11.7. The summed E-state index contributed by atoms with van der Waals surface area (Å²) in [5.41, 5.74) is 2.85. The van der Waals surface area contributed by atoms with Crippen molar-refractivity contribution >= 4 is 40.1 Å². The van der Waals surface area contributed by atoms with Gasteiger partial charge in [0.15, 0.2) is 0 Å².